The number of nitrogens with zero attached hydrogens (tertiary/aromatic N) is 2. The van der Waals surface area contributed by atoms with Gasteiger partial charge in [-0.1, -0.05) is 11.6 Å². The largest absolute Gasteiger partial charge is 0.324 e. The van der Waals surface area contributed by atoms with Gasteiger partial charge in [0.05, 0.1) is 5.56 Å². The van der Waals surface area contributed by atoms with Gasteiger partial charge in [0.1, 0.15) is 5.82 Å². The molecule has 2 aromatic carbocycles. The second kappa shape index (κ2) is 7.27. The zero-order valence-corrected chi connectivity index (χ0v) is 14.0. The fourth-order valence-electron chi connectivity index (χ4n) is 2.13. The molecular formula is C18H14ClFN4O. The van der Waals surface area contributed by atoms with Gasteiger partial charge >= 0.3 is 0 Å². The second-order valence-corrected chi connectivity index (χ2v) is 5.78. The molecule has 3 aromatic rings. The number of aromatic nitrogens is 2. The Kier molecular flexibility index (Phi) is 4.90. The number of rotatable bonds is 4. The lowest BCUT2D eigenvalue weighted by Gasteiger charge is -2.09. The first kappa shape index (κ1) is 16.9. The van der Waals surface area contributed by atoms with Crippen LogP contribution in [0.25, 0.3) is 0 Å². The molecule has 25 heavy (non-hydrogen) atoms. The summed E-state index contributed by atoms with van der Waals surface area (Å²) in [4.78, 5) is 20.5. The van der Waals surface area contributed by atoms with Crippen molar-refractivity contribution < 1.29 is 9.18 Å². The van der Waals surface area contributed by atoms with Gasteiger partial charge in [-0.2, -0.15) is 0 Å². The van der Waals surface area contributed by atoms with Crippen molar-refractivity contribution in [1.82, 2.24) is 9.97 Å². The fourth-order valence-corrected chi connectivity index (χ4v) is 2.36. The molecule has 0 unspecified atom stereocenters. The lowest BCUT2D eigenvalue weighted by Crippen LogP contribution is -2.13. The Labute approximate surface area is 148 Å². The van der Waals surface area contributed by atoms with E-state index in [9.17, 15) is 9.18 Å². The van der Waals surface area contributed by atoms with Crippen LogP contribution in [-0.4, -0.2) is 15.9 Å². The first-order chi connectivity index (χ1) is 12.0. The number of anilines is 3. The summed E-state index contributed by atoms with van der Waals surface area (Å²) in [6, 6.07) is 11.0. The first-order valence-corrected chi connectivity index (χ1v) is 7.81. The van der Waals surface area contributed by atoms with Gasteiger partial charge in [-0.25, -0.2) is 14.4 Å². The third kappa shape index (κ3) is 4.30. The van der Waals surface area contributed by atoms with E-state index in [2.05, 4.69) is 20.6 Å². The van der Waals surface area contributed by atoms with E-state index in [-0.39, 0.29) is 11.7 Å². The molecule has 3 rings (SSSR count). The Morgan fingerprint density at radius 2 is 1.76 bits per heavy atom. The molecule has 0 aliphatic carbocycles. The van der Waals surface area contributed by atoms with Gasteiger partial charge in [-0.3, -0.25) is 4.79 Å². The highest BCUT2D eigenvalue weighted by molar-refractivity contribution is 6.30. The molecule has 1 amide bonds. The van der Waals surface area contributed by atoms with Crippen molar-refractivity contribution in [2.24, 2.45) is 0 Å². The minimum absolute atomic E-state index is 0.311. The minimum atomic E-state index is -0.323. The topological polar surface area (TPSA) is 66.9 Å². The van der Waals surface area contributed by atoms with Crippen molar-refractivity contribution in [3.8, 4) is 0 Å². The molecule has 0 saturated carbocycles. The summed E-state index contributed by atoms with van der Waals surface area (Å²) < 4.78 is 12.9. The number of halogens is 2. The van der Waals surface area contributed by atoms with E-state index in [1.165, 1.54) is 24.5 Å². The monoisotopic (exact) mass is 356 g/mol. The van der Waals surface area contributed by atoms with Crippen molar-refractivity contribution in [1.29, 1.82) is 0 Å². The molecule has 0 saturated heterocycles. The highest BCUT2D eigenvalue weighted by Gasteiger charge is 2.09. The van der Waals surface area contributed by atoms with Gasteiger partial charge in [-0.05, 0) is 55.0 Å². The smallest absolute Gasteiger partial charge is 0.258 e. The fraction of sp³-hybridized carbons (Fsp3) is 0.0556. The van der Waals surface area contributed by atoms with Crippen LogP contribution in [0.4, 0.5) is 21.7 Å². The number of nitrogens with one attached hydrogen (secondary N) is 2. The average Bonchev–Trinajstić information content (AvgIpc) is 2.60. The van der Waals surface area contributed by atoms with Crippen molar-refractivity contribution in [2.75, 3.05) is 10.6 Å². The average molecular weight is 357 g/mol. The van der Waals surface area contributed by atoms with Crippen LogP contribution in [0.5, 0.6) is 0 Å². The van der Waals surface area contributed by atoms with Crippen LogP contribution in [0.15, 0.2) is 54.9 Å². The first-order valence-electron chi connectivity index (χ1n) is 7.43. The van der Waals surface area contributed by atoms with E-state index in [4.69, 9.17) is 11.6 Å². The Hall–Kier alpha value is -2.99. The summed E-state index contributed by atoms with van der Waals surface area (Å²) in [6.07, 6.45) is 2.83. The maximum atomic E-state index is 12.9. The van der Waals surface area contributed by atoms with E-state index in [1.54, 1.807) is 30.3 Å². The van der Waals surface area contributed by atoms with Gasteiger partial charge in [0.25, 0.3) is 5.91 Å². The number of benzene rings is 2. The number of hydrogen-bond acceptors (Lipinski definition) is 4. The summed E-state index contributed by atoms with van der Waals surface area (Å²) in [5, 5.41) is 6.32. The molecule has 0 spiro atoms. The van der Waals surface area contributed by atoms with Gasteiger partial charge in [0.15, 0.2) is 0 Å². The zero-order chi connectivity index (χ0) is 17.8. The van der Waals surface area contributed by atoms with Crippen LogP contribution in [0.1, 0.15) is 15.9 Å². The van der Waals surface area contributed by atoms with Gasteiger partial charge in [0.2, 0.25) is 5.95 Å². The number of carbonyl (C=O) groups excluding carboxylic acids is 1. The molecule has 2 N–H and O–H groups in total. The molecule has 5 nitrogen and oxygen atoms in total. The molecule has 0 bridgehead atoms. The van der Waals surface area contributed by atoms with E-state index in [0.29, 0.717) is 27.9 Å². The molecule has 0 aliphatic rings. The van der Waals surface area contributed by atoms with E-state index >= 15 is 0 Å². The van der Waals surface area contributed by atoms with Crippen molar-refractivity contribution in [3.63, 3.8) is 0 Å². The normalized spacial score (nSPS) is 10.4. The highest BCUT2D eigenvalue weighted by Crippen LogP contribution is 2.20. The molecule has 0 fully saturated rings. The lowest BCUT2D eigenvalue weighted by atomic mass is 10.2. The summed E-state index contributed by atoms with van der Waals surface area (Å²) in [5.41, 5.74) is 2.49. The van der Waals surface area contributed by atoms with E-state index < -0.39 is 0 Å². The Bertz CT molecular complexity index is 898. The minimum Gasteiger partial charge on any atom is -0.324 e. The number of carbonyl (C=O) groups is 1. The molecule has 1 heterocycles. The summed E-state index contributed by atoms with van der Waals surface area (Å²) >= 11 is 5.90. The quantitative estimate of drug-likeness (QED) is 0.718. The third-order valence-electron chi connectivity index (χ3n) is 3.45. The summed E-state index contributed by atoms with van der Waals surface area (Å²) in [6.45, 7) is 1.85. The maximum absolute atomic E-state index is 12.9. The lowest BCUT2D eigenvalue weighted by molar-refractivity contribution is 0.102. The summed E-state index contributed by atoms with van der Waals surface area (Å²) in [7, 11) is 0. The Morgan fingerprint density at radius 1 is 1.08 bits per heavy atom. The number of aryl methyl sites for hydroxylation is 1. The van der Waals surface area contributed by atoms with Crippen molar-refractivity contribution >= 4 is 34.8 Å². The van der Waals surface area contributed by atoms with Crippen LogP contribution in [0.3, 0.4) is 0 Å². The zero-order valence-electron chi connectivity index (χ0n) is 13.3. The van der Waals surface area contributed by atoms with Crippen LogP contribution in [-0.2, 0) is 0 Å². The molecule has 126 valence electrons. The molecule has 0 aliphatic heterocycles. The molecule has 1 aromatic heterocycles. The molecular weight excluding hydrogens is 343 g/mol. The number of hydrogen-bond donors (Lipinski definition) is 2. The Morgan fingerprint density at radius 3 is 2.40 bits per heavy atom. The van der Waals surface area contributed by atoms with Crippen LogP contribution >= 0.6 is 11.6 Å². The predicted octanol–water partition coefficient (Wildman–Crippen LogP) is 4.57. The van der Waals surface area contributed by atoms with Gasteiger partial charge in [0, 0.05) is 28.8 Å². The van der Waals surface area contributed by atoms with Crippen molar-refractivity contribution in [3.05, 3.63) is 76.8 Å². The standard InChI is InChI=1S/C18H14ClFN4O/c1-11-8-13(19)2-7-16(11)24-17(25)12-9-21-18(22-10-12)23-15-5-3-14(20)4-6-15/h2-10H,1H3,(H,24,25)(H,21,22,23). The van der Waals surface area contributed by atoms with Crippen LogP contribution < -0.4 is 10.6 Å². The van der Waals surface area contributed by atoms with E-state index in [1.807, 2.05) is 6.92 Å². The second-order valence-electron chi connectivity index (χ2n) is 5.34. The maximum Gasteiger partial charge on any atom is 0.258 e. The Balaban J connectivity index is 1.68. The van der Waals surface area contributed by atoms with Gasteiger partial charge in [-0.15, -0.1) is 0 Å². The van der Waals surface area contributed by atoms with Crippen LogP contribution in [0, 0.1) is 12.7 Å². The highest BCUT2D eigenvalue weighted by atomic mass is 35.5. The third-order valence-corrected chi connectivity index (χ3v) is 3.69. The SMILES string of the molecule is Cc1cc(Cl)ccc1NC(=O)c1cnc(Nc2ccc(F)cc2)nc1. The van der Waals surface area contributed by atoms with Crippen molar-refractivity contribution in [2.45, 2.75) is 6.92 Å². The predicted molar refractivity (Wildman–Crippen MR) is 95.9 cm³/mol. The van der Waals surface area contributed by atoms with E-state index in [0.717, 1.165) is 5.56 Å². The molecule has 0 atom stereocenters. The van der Waals surface area contributed by atoms with Gasteiger partial charge < -0.3 is 10.6 Å². The molecule has 0 radical (unpaired) electrons. The van der Waals surface area contributed by atoms with Crippen LogP contribution in [0.2, 0.25) is 5.02 Å². The molecule has 7 heteroatoms. The summed E-state index contributed by atoms with van der Waals surface area (Å²) in [5.74, 6) is -0.333. The number of amides is 1.